The minimum absolute atomic E-state index is 0. The fraction of sp³-hybridized carbons (Fsp3) is 0.938. The molecule has 0 aliphatic heterocycles. The summed E-state index contributed by atoms with van der Waals surface area (Å²) in [7, 11) is 0. The summed E-state index contributed by atoms with van der Waals surface area (Å²) in [6, 6.07) is 0. The molecule has 3 fully saturated rings. The van der Waals surface area contributed by atoms with E-state index in [1.165, 1.54) is 65.2 Å². The van der Waals surface area contributed by atoms with Crippen molar-refractivity contribution < 1.29 is 13.2 Å². The molecule has 0 bridgehead atoms. The lowest BCUT2D eigenvalue weighted by molar-refractivity contribution is -0.0477. The van der Waals surface area contributed by atoms with Gasteiger partial charge in [0.15, 0.2) is 0 Å². The van der Waals surface area contributed by atoms with E-state index in [4.69, 9.17) is 12.6 Å². The van der Waals surface area contributed by atoms with Gasteiger partial charge in [0.2, 0.25) is 5.92 Å². The zero-order chi connectivity index (χ0) is 27.5. The van der Waals surface area contributed by atoms with Crippen LogP contribution in [0.25, 0.3) is 0 Å². The van der Waals surface area contributed by atoms with E-state index in [1.807, 2.05) is 13.8 Å². The van der Waals surface area contributed by atoms with Crippen molar-refractivity contribution in [3.63, 3.8) is 0 Å². The monoisotopic (exact) mass is 547 g/mol. The Kier molecular flexibility index (Phi) is 13.1. The highest BCUT2D eigenvalue weighted by atomic mass is 32.1. The molecule has 9 atom stereocenters. The van der Waals surface area contributed by atoms with Gasteiger partial charge < -0.3 is 6.15 Å². The van der Waals surface area contributed by atoms with Crippen LogP contribution < -0.4 is 6.15 Å². The minimum atomic E-state index is -2.60. The van der Waals surface area contributed by atoms with E-state index in [2.05, 4.69) is 26.8 Å². The van der Waals surface area contributed by atoms with Crippen LogP contribution in [0.15, 0.2) is 11.6 Å². The molecule has 4 rings (SSSR count). The molecule has 4 aliphatic rings. The van der Waals surface area contributed by atoms with Crippen LogP contribution in [0, 0.1) is 46.3 Å². The SMILES string of the molecule is CC.CC(C)F.CC1CCC2(C)C(=CCC3C2CCC2(C)C(CC(S)CC(C)C(C)(F)F)CCC32)C1.N. The molecule has 3 N–H and O–H groups in total. The summed E-state index contributed by atoms with van der Waals surface area (Å²) in [6.07, 6.45) is 14.3. The van der Waals surface area contributed by atoms with Gasteiger partial charge in [-0.1, -0.05) is 53.2 Å². The van der Waals surface area contributed by atoms with Crippen LogP contribution >= 0.6 is 12.6 Å². The molecule has 9 unspecified atom stereocenters. The van der Waals surface area contributed by atoms with Crippen molar-refractivity contribution in [2.45, 2.75) is 144 Å². The Bertz CT molecular complexity index is 717. The van der Waals surface area contributed by atoms with Crippen LogP contribution in [-0.2, 0) is 0 Å². The molecule has 37 heavy (non-hydrogen) atoms. The molecule has 0 spiro atoms. The van der Waals surface area contributed by atoms with Crippen molar-refractivity contribution in [3.8, 4) is 0 Å². The average molecular weight is 548 g/mol. The second kappa shape index (κ2) is 14.0. The van der Waals surface area contributed by atoms with Gasteiger partial charge in [0.25, 0.3) is 0 Å². The van der Waals surface area contributed by atoms with Gasteiger partial charge in [0.1, 0.15) is 0 Å². The highest BCUT2D eigenvalue weighted by Gasteiger charge is 2.58. The second-order valence-electron chi connectivity index (χ2n) is 13.4. The lowest BCUT2D eigenvalue weighted by Gasteiger charge is -2.58. The molecule has 0 saturated heterocycles. The second-order valence-corrected chi connectivity index (χ2v) is 14.2. The largest absolute Gasteiger partial charge is 0.344 e. The Morgan fingerprint density at radius 2 is 1.62 bits per heavy atom. The molecule has 4 aliphatic carbocycles. The number of rotatable bonds is 5. The van der Waals surface area contributed by atoms with Crippen LogP contribution in [0.4, 0.5) is 13.2 Å². The Hall–Kier alpha value is -0.160. The van der Waals surface area contributed by atoms with E-state index in [1.54, 1.807) is 12.5 Å². The van der Waals surface area contributed by atoms with Gasteiger partial charge >= 0.3 is 0 Å². The van der Waals surface area contributed by atoms with E-state index in [0.717, 1.165) is 37.0 Å². The molecule has 1 nitrogen and oxygen atoms in total. The standard InChI is InChI=1S/C27H44F2S.C3H7F.C2H6.H3N/c1-17-10-12-25(3)19(14-17)6-8-22-23-9-7-20(26(23,4)13-11-24(22)25)16-21(30)15-18(2)27(5,28)29;1-3(2)4;1-2;/h6,17-18,20-24,30H,7-16H2,1-5H3;3H,1-2H3;1-2H3;1H3. The van der Waals surface area contributed by atoms with Gasteiger partial charge in [-0.3, -0.25) is 0 Å². The number of fused-ring (bicyclic) bond motifs is 5. The Morgan fingerprint density at radius 1 is 1.03 bits per heavy atom. The van der Waals surface area contributed by atoms with E-state index in [9.17, 15) is 13.2 Å². The highest BCUT2D eigenvalue weighted by molar-refractivity contribution is 7.80. The van der Waals surface area contributed by atoms with E-state index >= 15 is 0 Å². The molecule has 5 heteroatoms. The molecule has 3 saturated carbocycles. The fourth-order valence-corrected chi connectivity index (χ4v) is 8.95. The molecule has 0 aromatic carbocycles. The van der Waals surface area contributed by atoms with Crippen LogP contribution in [0.3, 0.4) is 0 Å². The molecular formula is C32H60F3NS. The van der Waals surface area contributed by atoms with Gasteiger partial charge in [0.05, 0.1) is 6.17 Å². The number of hydrogen-bond acceptors (Lipinski definition) is 2. The van der Waals surface area contributed by atoms with Crippen molar-refractivity contribution in [3.05, 3.63) is 11.6 Å². The fourth-order valence-electron chi connectivity index (χ4n) is 8.38. The number of hydrogen-bond donors (Lipinski definition) is 2. The van der Waals surface area contributed by atoms with Crippen molar-refractivity contribution in [1.82, 2.24) is 6.15 Å². The number of alkyl halides is 3. The van der Waals surface area contributed by atoms with Crippen molar-refractivity contribution in [2.24, 2.45) is 46.3 Å². The lowest BCUT2D eigenvalue weighted by Crippen LogP contribution is -2.50. The zero-order valence-corrected chi connectivity index (χ0v) is 26.4. The lowest BCUT2D eigenvalue weighted by atomic mass is 9.47. The van der Waals surface area contributed by atoms with Crippen LogP contribution in [0.5, 0.6) is 0 Å². The van der Waals surface area contributed by atoms with Crippen LogP contribution in [0.1, 0.15) is 127 Å². The van der Waals surface area contributed by atoms with Gasteiger partial charge in [-0.05, 0) is 125 Å². The maximum atomic E-state index is 13.7. The van der Waals surface area contributed by atoms with Gasteiger partial charge in [-0.15, -0.1) is 0 Å². The molecule has 0 aromatic heterocycles. The third-order valence-electron chi connectivity index (χ3n) is 10.6. The maximum absolute atomic E-state index is 13.7. The third-order valence-corrected chi connectivity index (χ3v) is 11.0. The van der Waals surface area contributed by atoms with Gasteiger partial charge in [0, 0.05) is 11.2 Å². The highest BCUT2D eigenvalue weighted by Crippen LogP contribution is 2.67. The summed E-state index contributed by atoms with van der Waals surface area (Å²) < 4.78 is 38.4. The van der Waals surface area contributed by atoms with Gasteiger partial charge in [-0.2, -0.15) is 12.6 Å². The summed E-state index contributed by atoms with van der Waals surface area (Å²) in [6.45, 7) is 17.3. The van der Waals surface area contributed by atoms with E-state index < -0.39 is 18.0 Å². The normalized spacial score (nSPS) is 38.2. The average Bonchev–Trinajstić information content (AvgIpc) is 3.10. The first kappa shape index (κ1) is 34.9. The summed E-state index contributed by atoms with van der Waals surface area (Å²) in [5.74, 6) is 0.863. The Morgan fingerprint density at radius 3 is 2.19 bits per heavy atom. The first-order valence-electron chi connectivity index (χ1n) is 15.1. The molecular weight excluding hydrogens is 487 g/mol. The first-order chi connectivity index (χ1) is 16.7. The first-order valence-corrected chi connectivity index (χ1v) is 15.6. The predicted molar refractivity (Wildman–Crippen MR) is 159 cm³/mol. The Labute approximate surface area is 233 Å². The summed E-state index contributed by atoms with van der Waals surface area (Å²) in [4.78, 5) is 0. The maximum Gasteiger partial charge on any atom is 0.247 e. The smallest absolute Gasteiger partial charge is 0.247 e. The number of thiol groups is 1. The Balaban J connectivity index is 0.000000894. The number of halogens is 3. The third kappa shape index (κ3) is 7.95. The van der Waals surface area contributed by atoms with E-state index in [0.29, 0.717) is 23.2 Å². The van der Waals surface area contributed by atoms with Crippen LogP contribution in [-0.4, -0.2) is 17.3 Å². The predicted octanol–water partition coefficient (Wildman–Crippen LogP) is 11.1. The summed E-state index contributed by atoms with van der Waals surface area (Å²) in [5, 5.41) is 0.0966. The van der Waals surface area contributed by atoms with Gasteiger partial charge in [-0.25, -0.2) is 13.2 Å². The van der Waals surface area contributed by atoms with Crippen molar-refractivity contribution >= 4 is 12.6 Å². The van der Waals surface area contributed by atoms with Crippen molar-refractivity contribution in [1.29, 1.82) is 0 Å². The molecule has 220 valence electrons. The quantitative estimate of drug-likeness (QED) is 0.260. The molecule has 0 aromatic rings. The van der Waals surface area contributed by atoms with E-state index in [-0.39, 0.29) is 11.4 Å². The topological polar surface area (TPSA) is 35.0 Å². The number of allylic oxidation sites excluding steroid dienone is 2. The van der Waals surface area contributed by atoms with Crippen LogP contribution in [0.2, 0.25) is 0 Å². The molecule has 0 heterocycles. The summed E-state index contributed by atoms with van der Waals surface area (Å²) >= 11 is 4.80. The molecule has 0 radical (unpaired) electrons. The van der Waals surface area contributed by atoms with Crippen molar-refractivity contribution in [2.75, 3.05) is 0 Å². The zero-order valence-electron chi connectivity index (χ0n) is 25.6. The summed E-state index contributed by atoms with van der Waals surface area (Å²) in [5.41, 5.74) is 2.62. The molecule has 0 amide bonds. The minimum Gasteiger partial charge on any atom is -0.344 e.